The maximum atomic E-state index is 12.5. The van der Waals surface area contributed by atoms with Crippen LogP contribution in [0.2, 0.25) is 0 Å². The van der Waals surface area contributed by atoms with Crippen LogP contribution in [0.5, 0.6) is 17.2 Å². The summed E-state index contributed by atoms with van der Waals surface area (Å²) in [5.41, 5.74) is 3.06. The molecule has 0 spiro atoms. The fourth-order valence-corrected chi connectivity index (χ4v) is 3.74. The highest BCUT2D eigenvalue weighted by atomic mass is 32.2. The van der Waals surface area contributed by atoms with Crippen molar-refractivity contribution < 1.29 is 19.0 Å². The fourth-order valence-electron chi connectivity index (χ4n) is 3.08. The molecule has 0 aliphatic heterocycles. The fraction of sp³-hybridized carbons (Fsp3) is 0.174. The Kier molecular flexibility index (Phi) is 6.46. The molecule has 0 saturated heterocycles. The van der Waals surface area contributed by atoms with Crippen molar-refractivity contribution >= 4 is 29.0 Å². The van der Waals surface area contributed by atoms with Crippen molar-refractivity contribution in [3.63, 3.8) is 0 Å². The second-order valence-electron chi connectivity index (χ2n) is 6.73. The number of imidazole rings is 1. The van der Waals surface area contributed by atoms with Gasteiger partial charge < -0.3 is 19.5 Å². The molecule has 9 heteroatoms. The molecule has 0 aliphatic carbocycles. The molecule has 4 rings (SSSR count). The van der Waals surface area contributed by atoms with Gasteiger partial charge in [0.15, 0.2) is 5.65 Å². The highest BCUT2D eigenvalue weighted by molar-refractivity contribution is 7.99. The minimum atomic E-state index is -0.173. The third-order valence-corrected chi connectivity index (χ3v) is 5.63. The number of nitrogens with zero attached hydrogens (tertiary/aromatic N) is 3. The van der Waals surface area contributed by atoms with Crippen LogP contribution in [0.15, 0.2) is 65.8 Å². The number of rotatable bonds is 8. The van der Waals surface area contributed by atoms with Gasteiger partial charge in [-0.3, -0.25) is 4.79 Å². The van der Waals surface area contributed by atoms with Crippen LogP contribution in [0, 0.1) is 0 Å². The van der Waals surface area contributed by atoms with E-state index in [1.54, 1.807) is 44.0 Å². The molecule has 1 N–H and O–H groups in total. The van der Waals surface area contributed by atoms with Crippen molar-refractivity contribution in [2.75, 3.05) is 32.4 Å². The summed E-state index contributed by atoms with van der Waals surface area (Å²) in [5.74, 6) is 2.01. The van der Waals surface area contributed by atoms with E-state index >= 15 is 0 Å². The molecular weight excluding hydrogens is 428 g/mol. The number of anilines is 1. The molecule has 4 aromatic rings. The quantitative estimate of drug-likeness (QED) is 0.404. The van der Waals surface area contributed by atoms with Gasteiger partial charge in [-0.05, 0) is 48.5 Å². The molecule has 0 saturated carbocycles. The summed E-state index contributed by atoms with van der Waals surface area (Å²) in [6, 6.07) is 16.7. The third kappa shape index (κ3) is 4.78. The number of nitrogens with one attached hydrogen (secondary N) is 1. The molecule has 2 aromatic carbocycles. The van der Waals surface area contributed by atoms with Crippen LogP contribution in [0.1, 0.15) is 0 Å². The number of aromatic nitrogens is 3. The molecule has 8 nitrogen and oxygen atoms in total. The summed E-state index contributed by atoms with van der Waals surface area (Å²) in [7, 11) is 4.76. The number of hydrogen-bond acceptors (Lipinski definition) is 7. The van der Waals surface area contributed by atoms with Crippen LogP contribution >= 0.6 is 11.8 Å². The molecular formula is C23H22N4O4S. The number of methoxy groups -OCH3 is 3. The average molecular weight is 451 g/mol. The summed E-state index contributed by atoms with van der Waals surface area (Å²) < 4.78 is 17.4. The molecule has 0 unspecified atom stereocenters. The molecule has 2 heterocycles. The topological polar surface area (TPSA) is 87.0 Å². The first-order chi connectivity index (χ1) is 15.6. The zero-order valence-corrected chi connectivity index (χ0v) is 18.7. The molecule has 32 heavy (non-hydrogen) atoms. The second-order valence-corrected chi connectivity index (χ2v) is 7.73. The van der Waals surface area contributed by atoms with Crippen molar-refractivity contribution in [1.29, 1.82) is 0 Å². The lowest BCUT2D eigenvalue weighted by Gasteiger charge is -2.11. The van der Waals surface area contributed by atoms with Crippen LogP contribution < -0.4 is 19.5 Å². The van der Waals surface area contributed by atoms with Gasteiger partial charge in [0, 0.05) is 11.6 Å². The first kappa shape index (κ1) is 21.5. The maximum absolute atomic E-state index is 12.5. The standard InChI is InChI=1S/C23H22N4O4S/c1-29-16-6-4-15(5-7-16)19-13-27-21(24-19)10-11-23(26-27)32-14-22(28)25-18-12-17(30-2)8-9-20(18)31-3/h4-13H,14H2,1-3H3,(H,25,28). The Morgan fingerprint density at radius 1 is 0.969 bits per heavy atom. The number of fused-ring (bicyclic) bond motifs is 1. The van der Waals surface area contributed by atoms with E-state index in [1.165, 1.54) is 11.8 Å². The van der Waals surface area contributed by atoms with Crippen molar-refractivity contribution in [3.8, 4) is 28.5 Å². The molecule has 164 valence electrons. The lowest BCUT2D eigenvalue weighted by molar-refractivity contribution is -0.113. The van der Waals surface area contributed by atoms with Crippen LogP contribution in [0.4, 0.5) is 5.69 Å². The number of carbonyl (C=O) groups excluding carboxylic acids is 1. The Bertz CT molecular complexity index is 1240. The molecule has 1 amide bonds. The van der Waals surface area contributed by atoms with Crippen LogP contribution in [0.3, 0.4) is 0 Å². The summed E-state index contributed by atoms with van der Waals surface area (Å²) in [5, 5.41) is 8.13. The Morgan fingerprint density at radius 3 is 2.44 bits per heavy atom. The monoisotopic (exact) mass is 450 g/mol. The predicted octanol–water partition coefficient (Wildman–Crippen LogP) is 4.15. The first-order valence-electron chi connectivity index (χ1n) is 9.75. The number of benzene rings is 2. The summed E-state index contributed by atoms with van der Waals surface area (Å²) in [4.78, 5) is 17.1. The first-order valence-corrected chi connectivity index (χ1v) is 10.7. The van der Waals surface area contributed by atoms with Crippen molar-refractivity contribution in [1.82, 2.24) is 14.6 Å². The molecule has 0 atom stereocenters. The van der Waals surface area contributed by atoms with Gasteiger partial charge in [0.05, 0.1) is 44.7 Å². The Morgan fingerprint density at radius 2 is 1.72 bits per heavy atom. The van der Waals surface area contributed by atoms with Gasteiger partial charge in [0.25, 0.3) is 0 Å². The Labute approximate surface area is 189 Å². The van der Waals surface area contributed by atoms with Crippen LogP contribution in [-0.2, 0) is 4.79 Å². The largest absolute Gasteiger partial charge is 0.497 e. The zero-order chi connectivity index (χ0) is 22.5. The van der Waals surface area contributed by atoms with E-state index in [-0.39, 0.29) is 11.7 Å². The van der Waals surface area contributed by atoms with Crippen molar-refractivity contribution in [3.05, 3.63) is 60.8 Å². The maximum Gasteiger partial charge on any atom is 0.234 e. The van der Waals surface area contributed by atoms with Gasteiger partial charge in [-0.25, -0.2) is 9.50 Å². The molecule has 0 radical (unpaired) electrons. The van der Waals surface area contributed by atoms with Gasteiger partial charge in [-0.2, -0.15) is 5.10 Å². The van der Waals surface area contributed by atoms with Gasteiger partial charge >= 0.3 is 0 Å². The van der Waals surface area contributed by atoms with E-state index in [0.29, 0.717) is 22.2 Å². The van der Waals surface area contributed by atoms with Crippen LogP contribution in [-0.4, -0.2) is 47.6 Å². The normalized spacial score (nSPS) is 10.7. The smallest absolute Gasteiger partial charge is 0.234 e. The lowest BCUT2D eigenvalue weighted by atomic mass is 10.2. The van der Waals surface area contributed by atoms with Gasteiger partial charge in [-0.15, -0.1) is 0 Å². The van der Waals surface area contributed by atoms with E-state index in [2.05, 4.69) is 15.4 Å². The van der Waals surface area contributed by atoms with Crippen molar-refractivity contribution in [2.24, 2.45) is 0 Å². The molecule has 0 aliphatic rings. The highest BCUT2D eigenvalue weighted by Crippen LogP contribution is 2.29. The van der Waals surface area contributed by atoms with Gasteiger partial charge in [-0.1, -0.05) is 11.8 Å². The lowest BCUT2D eigenvalue weighted by Crippen LogP contribution is -2.15. The van der Waals surface area contributed by atoms with E-state index < -0.39 is 0 Å². The summed E-state index contributed by atoms with van der Waals surface area (Å²) in [6.07, 6.45) is 1.86. The SMILES string of the molecule is COc1ccc(-c2cn3nc(SCC(=O)Nc4cc(OC)ccc4OC)ccc3n2)cc1. The van der Waals surface area contributed by atoms with E-state index in [1.807, 2.05) is 42.6 Å². The Hall–Kier alpha value is -3.72. The number of thioether (sulfide) groups is 1. The number of carbonyl (C=O) groups is 1. The molecule has 0 fully saturated rings. The minimum absolute atomic E-state index is 0.173. The highest BCUT2D eigenvalue weighted by Gasteiger charge is 2.11. The third-order valence-electron chi connectivity index (χ3n) is 4.71. The summed E-state index contributed by atoms with van der Waals surface area (Å²) >= 11 is 1.34. The van der Waals surface area contributed by atoms with Gasteiger partial charge in [0.2, 0.25) is 5.91 Å². The zero-order valence-electron chi connectivity index (χ0n) is 17.9. The van der Waals surface area contributed by atoms with Gasteiger partial charge in [0.1, 0.15) is 22.3 Å². The number of hydrogen-bond donors (Lipinski definition) is 1. The molecule has 0 bridgehead atoms. The molecule has 2 aromatic heterocycles. The average Bonchev–Trinajstić information content (AvgIpc) is 3.26. The minimum Gasteiger partial charge on any atom is -0.497 e. The second kappa shape index (κ2) is 9.61. The van der Waals surface area contributed by atoms with E-state index in [9.17, 15) is 4.79 Å². The van der Waals surface area contributed by atoms with E-state index in [0.717, 1.165) is 22.7 Å². The van der Waals surface area contributed by atoms with E-state index in [4.69, 9.17) is 14.2 Å². The number of ether oxygens (including phenoxy) is 3. The van der Waals surface area contributed by atoms with Crippen molar-refractivity contribution in [2.45, 2.75) is 5.03 Å². The Balaban J connectivity index is 1.43. The predicted molar refractivity (Wildman–Crippen MR) is 124 cm³/mol. The number of amides is 1. The van der Waals surface area contributed by atoms with Crippen LogP contribution in [0.25, 0.3) is 16.9 Å². The summed E-state index contributed by atoms with van der Waals surface area (Å²) in [6.45, 7) is 0.